The molecule has 1 aliphatic rings. The van der Waals surface area contributed by atoms with Gasteiger partial charge < -0.3 is 9.16 Å². The number of ether oxygens (including phenoxy) is 1. The van der Waals surface area contributed by atoms with E-state index in [2.05, 4.69) is 33.9 Å². The van der Waals surface area contributed by atoms with Crippen molar-refractivity contribution in [1.29, 1.82) is 0 Å². The third kappa shape index (κ3) is 5.81. The number of esters is 1. The van der Waals surface area contributed by atoms with E-state index in [4.69, 9.17) is 9.16 Å². The summed E-state index contributed by atoms with van der Waals surface area (Å²) in [4.78, 5) is 12.0. The van der Waals surface area contributed by atoms with E-state index in [0.29, 0.717) is 6.42 Å². The fourth-order valence-electron chi connectivity index (χ4n) is 3.15. The van der Waals surface area contributed by atoms with E-state index < -0.39 is 30.4 Å². The summed E-state index contributed by atoms with van der Waals surface area (Å²) in [5, 5.41) is 0.0204. The van der Waals surface area contributed by atoms with Crippen LogP contribution in [0.5, 0.6) is 0 Å². The van der Waals surface area contributed by atoms with Crippen LogP contribution in [-0.2, 0) is 24.0 Å². The molecule has 0 bridgehead atoms. The monoisotopic (exact) mass is 453 g/mol. The van der Waals surface area contributed by atoms with E-state index in [9.17, 15) is 13.2 Å². The summed E-state index contributed by atoms with van der Waals surface area (Å²) in [6.07, 6.45) is 3.23. The van der Waals surface area contributed by atoms with E-state index in [1.165, 1.54) is 10.4 Å². The molecule has 6 nitrogen and oxygen atoms in total. The highest BCUT2D eigenvalue weighted by molar-refractivity contribution is 7.89. The van der Waals surface area contributed by atoms with Gasteiger partial charge in [0, 0.05) is 18.7 Å². The zero-order valence-corrected chi connectivity index (χ0v) is 21.0. The lowest BCUT2D eigenvalue weighted by Crippen LogP contribution is -2.44. The standard InChI is InChI=1S/C22H35NO5SSi/c1-8-27-21(24)14-11-18-15-19(28-30(6,7)22(3,4)5)16-23(18)29(25,26)20-12-9-17(2)10-13-20/h9-14,18-19H,8,15-16H2,1-7H3/b14-11+/t18-,19-/m1/s1. The van der Waals surface area contributed by atoms with Crippen LogP contribution in [0, 0.1) is 6.92 Å². The predicted octanol–water partition coefficient (Wildman–Crippen LogP) is 4.27. The summed E-state index contributed by atoms with van der Waals surface area (Å²) in [5.74, 6) is -0.473. The highest BCUT2D eigenvalue weighted by atomic mass is 32.2. The van der Waals surface area contributed by atoms with E-state index in [1.54, 1.807) is 37.3 Å². The first kappa shape index (κ1) is 24.8. The zero-order chi connectivity index (χ0) is 22.7. The van der Waals surface area contributed by atoms with Crippen molar-refractivity contribution in [3.63, 3.8) is 0 Å². The summed E-state index contributed by atoms with van der Waals surface area (Å²) in [6.45, 7) is 15.0. The Bertz CT molecular complexity index is 872. The second kappa shape index (κ2) is 9.34. The number of nitrogens with zero attached hydrogens (tertiary/aromatic N) is 1. The summed E-state index contributed by atoms with van der Waals surface area (Å²) < 4.78 is 39.6. The number of carbonyl (C=O) groups is 1. The first-order valence-electron chi connectivity index (χ1n) is 10.4. The maximum Gasteiger partial charge on any atom is 0.330 e. The highest BCUT2D eigenvalue weighted by Gasteiger charge is 2.45. The lowest BCUT2D eigenvalue weighted by molar-refractivity contribution is -0.137. The van der Waals surface area contributed by atoms with Crippen LogP contribution in [-0.4, -0.2) is 52.3 Å². The van der Waals surface area contributed by atoms with Crippen molar-refractivity contribution in [3.05, 3.63) is 42.0 Å². The Kier molecular flexibility index (Phi) is 7.72. The molecule has 0 amide bonds. The second-order valence-electron chi connectivity index (χ2n) is 9.30. The molecule has 0 aliphatic carbocycles. The maximum atomic E-state index is 13.4. The number of hydrogen-bond acceptors (Lipinski definition) is 5. The van der Waals surface area contributed by atoms with Gasteiger partial charge in [-0.15, -0.1) is 0 Å². The third-order valence-electron chi connectivity index (χ3n) is 5.89. The third-order valence-corrected chi connectivity index (χ3v) is 12.3. The smallest absolute Gasteiger partial charge is 0.330 e. The highest BCUT2D eigenvalue weighted by Crippen LogP contribution is 2.39. The lowest BCUT2D eigenvalue weighted by Gasteiger charge is -2.38. The molecular weight excluding hydrogens is 418 g/mol. The summed E-state index contributed by atoms with van der Waals surface area (Å²) in [6, 6.07) is 6.36. The van der Waals surface area contributed by atoms with Crippen molar-refractivity contribution < 1.29 is 22.4 Å². The topological polar surface area (TPSA) is 72.9 Å². The van der Waals surface area contributed by atoms with Gasteiger partial charge in [0.15, 0.2) is 8.32 Å². The van der Waals surface area contributed by atoms with Crippen molar-refractivity contribution in [2.45, 2.75) is 76.2 Å². The predicted molar refractivity (Wildman–Crippen MR) is 121 cm³/mol. The van der Waals surface area contributed by atoms with Crippen LogP contribution < -0.4 is 0 Å². The van der Waals surface area contributed by atoms with Gasteiger partial charge in [-0.25, -0.2) is 13.2 Å². The molecule has 1 fully saturated rings. The van der Waals surface area contributed by atoms with Crippen LogP contribution in [0.15, 0.2) is 41.3 Å². The zero-order valence-electron chi connectivity index (χ0n) is 19.1. The molecule has 0 saturated carbocycles. The minimum atomic E-state index is -3.72. The van der Waals surface area contributed by atoms with Gasteiger partial charge in [-0.2, -0.15) is 4.31 Å². The average Bonchev–Trinajstić information content (AvgIpc) is 3.02. The SMILES string of the molecule is CCOC(=O)/C=C/[C@@H]1C[C@@H](O[Si](C)(C)C(C)(C)C)CN1S(=O)(=O)c1ccc(C)cc1. The molecule has 0 unspecified atom stereocenters. The molecule has 8 heteroatoms. The van der Waals surface area contributed by atoms with Gasteiger partial charge in [-0.3, -0.25) is 0 Å². The van der Waals surface area contributed by atoms with Crippen LogP contribution in [0.3, 0.4) is 0 Å². The fraction of sp³-hybridized carbons (Fsp3) is 0.591. The lowest BCUT2D eigenvalue weighted by atomic mass is 10.2. The molecule has 1 heterocycles. The number of rotatable bonds is 7. The van der Waals surface area contributed by atoms with Gasteiger partial charge in [-0.1, -0.05) is 44.5 Å². The van der Waals surface area contributed by atoms with Crippen molar-refractivity contribution in [2.24, 2.45) is 0 Å². The summed E-state index contributed by atoms with van der Waals surface area (Å²) >= 11 is 0. The number of benzene rings is 1. The van der Waals surface area contributed by atoms with Gasteiger partial charge in [0.05, 0.1) is 17.6 Å². The Morgan fingerprint density at radius 2 is 1.83 bits per heavy atom. The average molecular weight is 454 g/mol. The van der Waals surface area contributed by atoms with Crippen molar-refractivity contribution in [2.75, 3.05) is 13.2 Å². The second-order valence-corrected chi connectivity index (χ2v) is 15.9. The molecular formula is C22H35NO5SSi. The van der Waals surface area contributed by atoms with Crippen LogP contribution in [0.25, 0.3) is 0 Å². The Balaban J connectivity index is 2.33. The minimum absolute atomic E-state index is 0.0204. The molecule has 1 aliphatic heterocycles. The normalized spacial score (nSPS) is 21.3. The summed E-state index contributed by atoms with van der Waals surface area (Å²) in [5.41, 5.74) is 0.994. The quantitative estimate of drug-likeness (QED) is 0.350. The molecule has 30 heavy (non-hydrogen) atoms. The first-order chi connectivity index (χ1) is 13.8. The summed E-state index contributed by atoms with van der Waals surface area (Å²) in [7, 11) is -5.79. The maximum absolute atomic E-state index is 13.4. The molecule has 1 aromatic carbocycles. The number of hydrogen-bond donors (Lipinski definition) is 0. The van der Waals surface area contributed by atoms with Gasteiger partial charge in [0.1, 0.15) is 0 Å². The Morgan fingerprint density at radius 1 is 1.23 bits per heavy atom. The number of sulfonamides is 1. The van der Waals surface area contributed by atoms with E-state index >= 15 is 0 Å². The minimum Gasteiger partial charge on any atom is -0.463 e. The van der Waals surface area contributed by atoms with E-state index in [0.717, 1.165) is 5.56 Å². The number of carbonyl (C=O) groups excluding carboxylic acids is 1. The van der Waals surface area contributed by atoms with Crippen molar-refractivity contribution >= 4 is 24.3 Å². The molecule has 2 atom stereocenters. The molecule has 1 saturated heterocycles. The molecule has 168 valence electrons. The van der Waals surface area contributed by atoms with Crippen molar-refractivity contribution in [3.8, 4) is 0 Å². The van der Waals surface area contributed by atoms with Crippen LogP contribution in [0.2, 0.25) is 18.1 Å². The Morgan fingerprint density at radius 3 is 2.37 bits per heavy atom. The van der Waals surface area contributed by atoms with Gasteiger partial charge >= 0.3 is 5.97 Å². The van der Waals surface area contributed by atoms with Crippen LogP contribution >= 0.6 is 0 Å². The van der Waals surface area contributed by atoms with Crippen molar-refractivity contribution in [1.82, 2.24) is 4.31 Å². The molecule has 0 spiro atoms. The van der Waals surface area contributed by atoms with Gasteiger partial charge in [0.2, 0.25) is 10.0 Å². The van der Waals surface area contributed by atoms with Crippen LogP contribution in [0.4, 0.5) is 0 Å². The number of aryl methyl sites for hydroxylation is 1. The van der Waals surface area contributed by atoms with Gasteiger partial charge in [0.25, 0.3) is 0 Å². The first-order valence-corrected chi connectivity index (χ1v) is 14.7. The molecule has 2 rings (SSSR count). The Hall–Kier alpha value is -1.48. The largest absolute Gasteiger partial charge is 0.463 e. The molecule has 1 aromatic rings. The molecule has 0 N–H and O–H groups in total. The van der Waals surface area contributed by atoms with E-state index in [-0.39, 0.29) is 29.2 Å². The van der Waals surface area contributed by atoms with Crippen LogP contribution in [0.1, 0.15) is 39.7 Å². The van der Waals surface area contributed by atoms with E-state index in [1.807, 2.05) is 6.92 Å². The molecule has 0 aromatic heterocycles. The Labute approximate surface area is 182 Å². The molecule has 0 radical (unpaired) electrons. The fourth-order valence-corrected chi connectivity index (χ4v) is 6.14. The van der Waals surface area contributed by atoms with Gasteiger partial charge in [-0.05, 0) is 50.5 Å².